The van der Waals surface area contributed by atoms with Crippen molar-refractivity contribution >= 4 is 27.4 Å². The van der Waals surface area contributed by atoms with Crippen LogP contribution in [0.5, 0.6) is 0 Å². The largest absolute Gasteiger partial charge is 0.544 e. The lowest BCUT2D eigenvalue weighted by Gasteiger charge is -2.41. The third-order valence-corrected chi connectivity index (χ3v) is 16.3. The lowest BCUT2D eigenvalue weighted by atomic mass is 9.94. The number of carbonyl (C=O) groups is 1. The summed E-state index contributed by atoms with van der Waals surface area (Å²) in [6.45, 7) is 16.6. The monoisotopic (exact) mass is 490 g/mol. The fourth-order valence-corrected chi connectivity index (χ4v) is 9.29. The van der Waals surface area contributed by atoms with Crippen LogP contribution in [0, 0.1) is 5.92 Å². The zero-order chi connectivity index (χ0) is 24.4. The Morgan fingerprint density at radius 1 is 1.09 bits per heavy atom. The summed E-state index contributed by atoms with van der Waals surface area (Å²) in [5, 5.41) is 1.43. The molecule has 1 aliphatic heterocycles. The molecule has 1 aliphatic carbocycles. The highest BCUT2D eigenvalue weighted by Gasteiger charge is 2.49. The molecule has 7 heteroatoms. The lowest BCUT2D eigenvalue weighted by Crippen LogP contribution is -2.49. The van der Waals surface area contributed by atoms with Crippen LogP contribution in [-0.4, -0.2) is 54.9 Å². The molecule has 33 heavy (non-hydrogen) atoms. The summed E-state index contributed by atoms with van der Waals surface area (Å²) < 4.78 is 24.0. The summed E-state index contributed by atoms with van der Waals surface area (Å²) in [4.78, 5) is 13.4. The predicted octanol–water partition coefficient (Wildman–Crippen LogP) is 5.24. The predicted molar refractivity (Wildman–Crippen MR) is 138 cm³/mol. The molecule has 5 nitrogen and oxygen atoms in total. The first-order chi connectivity index (χ1) is 15.4. The highest BCUT2D eigenvalue weighted by atomic mass is 28.4. The molecule has 0 N–H and O–H groups in total. The van der Waals surface area contributed by atoms with E-state index < -0.39 is 22.5 Å². The van der Waals surface area contributed by atoms with Crippen molar-refractivity contribution in [3.8, 4) is 0 Å². The van der Waals surface area contributed by atoms with E-state index in [9.17, 15) is 4.79 Å². The molecule has 0 amide bonds. The van der Waals surface area contributed by atoms with Crippen LogP contribution in [0.4, 0.5) is 0 Å². The Hall–Kier alpha value is -1.26. The summed E-state index contributed by atoms with van der Waals surface area (Å²) in [7, 11) is -2.51. The van der Waals surface area contributed by atoms with Crippen molar-refractivity contribution < 1.29 is 23.4 Å². The Labute approximate surface area is 202 Å². The molecule has 0 radical (unpaired) electrons. The van der Waals surface area contributed by atoms with Gasteiger partial charge >= 0.3 is 0 Å². The van der Waals surface area contributed by atoms with Crippen LogP contribution in [0.1, 0.15) is 33.6 Å². The molecule has 0 unspecified atom stereocenters. The van der Waals surface area contributed by atoms with Gasteiger partial charge in [-0.05, 0) is 42.1 Å². The van der Waals surface area contributed by atoms with E-state index in [0.29, 0.717) is 13.0 Å². The third-order valence-electron chi connectivity index (χ3n) is 7.80. The van der Waals surface area contributed by atoms with Crippen LogP contribution in [-0.2, 0) is 23.4 Å². The van der Waals surface area contributed by atoms with Crippen LogP contribution in [0.2, 0.25) is 36.8 Å². The van der Waals surface area contributed by atoms with Gasteiger partial charge in [0.15, 0.2) is 11.9 Å². The Balaban J connectivity index is 2.05. The number of hydrogen-bond donors (Lipinski definition) is 0. The molecule has 1 fully saturated rings. The van der Waals surface area contributed by atoms with E-state index in [2.05, 4.69) is 83.4 Å². The minimum absolute atomic E-state index is 0.0279. The Morgan fingerprint density at radius 2 is 1.76 bits per heavy atom. The van der Waals surface area contributed by atoms with E-state index in [-0.39, 0.29) is 35.2 Å². The number of fused-ring (bicyclic) bond motifs is 3. The molecule has 1 saturated heterocycles. The Kier molecular flexibility index (Phi) is 8.11. The molecule has 1 aromatic rings. The standard InChI is InChI=1S/C26H42O5Si2/c1-26(2,3)33(7,8)31-23-16-24(32(5,6)21-12-10-9-11-13-21)19-14-20(17-29-18-28-4)30-25(23)22(27)15-19/h9-13,16,19-20,24-25H,14-15,17-18H2,1-8H3/t19-,20-,24-,25+/m1/s1. The second kappa shape index (κ2) is 10.2. The van der Waals surface area contributed by atoms with Gasteiger partial charge in [0.25, 0.3) is 0 Å². The summed E-state index contributed by atoms with van der Waals surface area (Å²) in [6, 6.07) is 10.8. The van der Waals surface area contributed by atoms with Gasteiger partial charge in [-0.3, -0.25) is 4.79 Å². The molecule has 3 rings (SSSR count). The van der Waals surface area contributed by atoms with E-state index in [0.717, 1.165) is 12.2 Å². The molecule has 0 spiro atoms. The summed E-state index contributed by atoms with van der Waals surface area (Å²) in [5.74, 6) is 1.09. The average molecular weight is 491 g/mol. The number of rotatable bonds is 8. The molecular weight excluding hydrogens is 448 g/mol. The normalized spacial score (nSPS) is 26.5. The number of Topliss-reactive ketones (excluding diaryl/α,β-unsaturated/α-hetero) is 1. The topological polar surface area (TPSA) is 54.0 Å². The van der Waals surface area contributed by atoms with Crippen molar-refractivity contribution in [1.82, 2.24) is 0 Å². The second-order valence-electron chi connectivity index (χ2n) is 11.6. The second-order valence-corrected chi connectivity index (χ2v) is 21.0. The van der Waals surface area contributed by atoms with Crippen molar-refractivity contribution in [2.75, 3.05) is 20.5 Å². The lowest BCUT2D eigenvalue weighted by molar-refractivity contribution is -0.135. The van der Waals surface area contributed by atoms with Gasteiger partial charge in [0.1, 0.15) is 12.6 Å². The van der Waals surface area contributed by atoms with Crippen molar-refractivity contribution in [2.45, 2.75) is 82.6 Å². The minimum atomic E-state index is -2.16. The molecular formula is C26H42O5Si2. The molecule has 2 aliphatic rings. The van der Waals surface area contributed by atoms with Crippen molar-refractivity contribution in [1.29, 1.82) is 0 Å². The van der Waals surface area contributed by atoms with Gasteiger partial charge in [0, 0.05) is 13.5 Å². The van der Waals surface area contributed by atoms with Crippen LogP contribution in [0.25, 0.3) is 0 Å². The molecule has 4 atom stereocenters. The van der Waals surface area contributed by atoms with E-state index in [1.54, 1.807) is 7.11 Å². The maximum absolute atomic E-state index is 13.4. The molecule has 0 saturated carbocycles. The van der Waals surface area contributed by atoms with Gasteiger partial charge in [0.05, 0.1) is 20.8 Å². The van der Waals surface area contributed by atoms with Gasteiger partial charge in [-0.1, -0.05) is 69.4 Å². The number of hydrogen-bond acceptors (Lipinski definition) is 5. The van der Waals surface area contributed by atoms with Gasteiger partial charge in [0.2, 0.25) is 8.32 Å². The van der Waals surface area contributed by atoms with Crippen LogP contribution in [0.15, 0.2) is 42.2 Å². The number of carbonyl (C=O) groups excluding carboxylic acids is 1. The van der Waals surface area contributed by atoms with Crippen LogP contribution in [0.3, 0.4) is 0 Å². The Bertz CT molecular complexity index is 844. The zero-order valence-electron chi connectivity index (χ0n) is 21.6. The van der Waals surface area contributed by atoms with E-state index in [1.165, 1.54) is 5.19 Å². The fraction of sp³-hybridized carbons (Fsp3) is 0.654. The number of benzene rings is 1. The van der Waals surface area contributed by atoms with E-state index in [4.69, 9.17) is 18.6 Å². The van der Waals surface area contributed by atoms with Crippen molar-refractivity contribution in [2.24, 2.45) is 5.92 Å². The van der Waals surface area contributed by atoms with Gasteiger partial charge in [-0.2, -0.15) is 0 Å². The highest BCUT2D eigenvalue weighted by Crippen LogP contribution is 2.46. The number of ketones is 1. The summed E-state index contributed by atoms with van der Waals surface area (Å²) in [6.07, 6.45) is 2.83. The first kappa shape index (κ1) is 26.4. The average Bonchev–Trinajstić information content (AvgIpc) is 2.96. The maximum atomic E-state index is 13.4. The molecule has 2 bridgehead atoms. The summed E-state index contributed by atoms with van der Waals surface area (Å²) in [5.41, 5.74) is 0.280. The smallest absolute Gasteiger partial charge is 0.250 e. The Morgan fingerprint density at radius 3 is 2.36 bits per heavy atom. The number of methoxy groups -OCH3 is 1. The molecule has 1 heterocycles. The first-order valence-electron chi connectivity index (χ1n) is 12.1. The van der Waals surface area contributed by atoms with Gasteiger partial charge < -0.3 is 18.6 Å². The maximum Gasteiger partial charge on any atom is 0.250 e. The number of ether oxygens (including phenoxy) is 3. The zero-order valence-corrected chi connectivity index (χ0v) is 23.6. The van der Waals surface area contributed by atoms with E-state index in [1.807, 2.05) is 0 Å². The number of allylic oxidation sites excluding steroid dienone is 1. The summed E-state index contributed by atoms with van der Waals surface area (Å²) >= 11 is 0. The van der Waals surface area contributed by atoms with Crippen LogP contribution >= 0.6 is 0 Å². The fourth-order valence-electron chi connectivity index (χ4n) is 4.77. The first-order valence-corrected chi connectivity index (χ1v) is 18.1. The third kappa shape index (κ3) is 5.88. The van der Waals surface area contributed by atoms with Crippen LogP contribution < -0.4 is 5.19 Å². The molecule has 184 valence electrons. The van der Waals surface area contributed by atoms with E-state index >= 15 is 0 Å². The van der Waals surface area contributed by atoms with Crippen molar-refractivity contribution in [3.63, 3.8) is 0 Å². The highest BCUT2D eigenvalue weighted by molar-refractivity contribution is 6.91. The minimum Gasteiger partial charge on any atom is -0.544 e. The van der Waals surface area contributed by atoms with Crippen molar-refractivity contribution in [3.05, 3.63) is 42.2 Å². The van der Waals surface area contributed by atoms with Gasteiger partial charge in [-0.25, -0.2) is 0 Å². The molecule has 1 aromatic carbocycles. The molecule has 0 aromatic heterocycles. The quantitative estimate of drug-likeness (QED) is 0.283. The van der Waals surface area contributed by atoms with Gasteiger partial charge in [-0.15, -0.1) is 0 Å². The SMILES string of the molecule is COCOC[C@H]1C[C@@H]2CC(=O)[C@H](O1)C(O[Si](C)(C)C(C)(C)C)=C[C@H]2[Si](C)(C)c1ccccc1.